The topological polar surface area (TPSA) is 29.1 Å². The number of rotatable bonds is 7. The summed E-state index contributed by atoms with van der Waals surface area (Å²) in [6.07, 6.45) is 6.96. The Labute approximate surface area is 94.1 Å². The van der Waals surface area contributed by atoms with Crippen molar-refractivity contribution in [2.45, 2.75) is 47.0 Å². The van der Waals surface area contributed by atoms with E-state index in [-0.39, 0.29) is 5.91 Å². The number of carbonyl (C=O) groups is 1. The normalized spacial score (nSPS) is 11.6. The van der Waals surface area contributed by atoms with Crippen LogP contribution in [0.3, 0.4) is 0 Å². The minimum atomic E-state index is 0.182. The minimum Gasteiger partial charge on any atom is -0.356 e. The van der Waals surface area contributed by atoms with Crippen molar-refractivity contribution in [1.82, 2.24) is 5.32 Å². The van der Waals surface area contributed by atoms with Crippen LogP contribution >= 0.6 is 0 Å². The lowest BCUT2D eigenvalue weighted by Crippen LogP contribution is -2.26. The number of carbonyl (C=O) groups excluding carboxylic acids is 1. The van der Waals surface area contributed by atoms with Gasteiger partial charge >= 0.3 is 0 Å². The quantitative estimate of drug-likeness (QED) is 0.508. The van der Waals surface area contributed by atoms with Gasteiger partial charge in [0.1, 0.15) is 0 Å². The predicted molar refractivity (Wildman–Crippen MR) is 65.7 cm³/mol. The monoisotopic (exact) mass is 211 g/mol. The molecular formula is C13H25NO. The van der Waals surface area contributed by atoms with E-state index in [1.165, 1.54) is 0 Å². The van der Waals surface area contributed by atoms with E-state index in [9.17, 15) is 4.79 Å². The number of allylic oxidation sites excluding steroid dienone is 2. The van der Waals surface area contributed by atoms with Gasteiger partial charge in [0.25, 0.3) is 0 Å². The standard InChI is InChI=1S/C13H25NO/c1-11(2)8-6-5-7-9-13(15)14-10-12(3)4/h6,8,11-12H,5,7,9-10H2,1-4H3,(H,14,15)/b8-6+. The fourth-order valence-electron chi connectivity index (χ4n) is 1.16. The van der Waals surface area contributed by atoms with Gasteiger partial charge < -0.3 is 5.32 Å². The van der Waals surface area contributed by atoms with Crippen molar-refractivity contribution in [3.63, 3.8) is 0 Å². The molecule has 0 saturated carbocycles. The smallest absolute Gasteiger partial charge is 0.220 e. The van der Waals surface area contributed by atoms with E-state index >= 15 is 0 Å². The first kappa shape index (κ1) is 14.2. The molecule has 0 aromatic heterocycles. The van der Waals surface area contributed by atoms with Crippen molar-refractivity contribution < 1.29 is 4.79 Å². The van der Waals surface area contributed by atoms with Crippen LogP contribution in [0.4, 0.5) is 0 Å². The number of nitrogens with one attached hydrogen (secondary N) is 1. The van der Waals surface area contributed by atoms with Crippen LogP contribution in [0, 0.1) is 11.8 Å². The fourth-order valence-corrected chi connectivity index (χ4v) is 1.16. The highest BCUT2D eigenvalue weighted by molar-refractivity contribution is 5.75. The van der Waals surface area contributed by atoms with Crippen LogP contribution in [0.5, 0.6) is 0 Å². The minimum absolute atomic E-state index is 0.182. The Kier molecular flexibility index (Phi) is 8.06. The molecular weight excluding hydrogens is 186 g/mol. The molecule has 0 atom stereocenters. The van der Waals surface area contributed by atoms with Crippen molar-refractivity contribution >= 4 is 5.91 Å². The Morgan fingerprint density at radius 2 is 1.93 bits per heavy atom. The third-order valence-corrected chi connectivity index (χ3v) is 2.00. The molecule has 1 amide bonds. The zero-order valence-corrected chi connectivity index (χ0v) is 10.5. The molecule has 0 rings (SSSR count). The summed E-state index contributed by atoms with van der Waals surface area (Å²) in [5.74, 6) is 1.33. The number of hydrogen-bond acceptors (Lipinski definition) is 1. The molecule has 0 aliphatic carbocycles. The molecule has 0 radical (unpaired) electrons. The summed E-state index contributed by atoms with van der Waals surface area (Å²) < 4.78 is 0. The number of unbranched alkanes of at least 4 members (excludes halogenated alkanes) is 1. The summed E-state index contributed by atoms with van der Waals surface area (Å²) in [6.45, 7) is 9.32. The maximum absolute atomic E-state index is 11.3. The van der Waals surface area contributed by atoms with Crippen molar-refractivity contribution in [3.05, 3.63) is 12.2 Å². The van der Waals surface area contributed by atoms with Crippen LogP contribution in [0.2, 0.25) is 0 Å². The van der Waals surface area contributed by atoms with Crippen molar-refractivity contribution in [1.29, 1.82) is 0 Å². The van der Waals surface area contributed by atoms with Crippen LogP contribution in [0.1, 0.15) is 47.0 Å². The highest BCUT2D eigenvalue weighted by Crippen LogP contribution is 2.00. The lowest BCUT2D eigenvalue weighted by Gasteiger charge is -2.06. The zero-order chi connectivity index (χ0) is 11.7. The van der Waals surface area contributed by atoms with Crippen LogP contribution in [-0.4, -0.2) is 12.5 Å². The molecule has 1 N–H and O–H groups in total. The van der Waals surface area contributed by atoms with Crippen LogP contribution < -0.4 is 5.32 Å². The molecule has 0 spiro atoms. The molecule has 0 bridgehead atoms. The summed E-state index contributed by atoms with van der Waals surface area (Å²) >= 11 is 0. The van der Waals surface area contributed by atoms with E-state index < -0.39 is 0 Å². The predicted octanol–water partition coefficient (Wildman–Crippen LogP) is 3.14. The fraction of sp³-hybridized carbons (Fsp3) is 0.769. The molecule has 0 saturated heterocycles. The van der Waals surface area contributed by atoms with Crippen molar-refractivity contribution in [2.75, 3.05) is 6.54 Å². The molecule has 0 aromatic rings. The molecule has 0 fully saturated rings. The maximum atomic E-state index is 11.3. The first-order valence-electron chi connectivity index (χ1n) is 5.95. The van der Waals surface area contributed by atoms with E-state index in [1.54, 1.807) is 0 Å². The lowest BCUT2D eigenvalue weighted by molar-refractivity contribution is -0.121. The molecule has 0 unspecified atom stereocenters. The largest absolute Gasteiger partial charge is 0.356 e. The average Bonchev–Trinajstić information content (AvgIpc) is 2.13. The molecule has 0 heterocycles. The number of amides is 1. The van der Waals surface area contributed by atoms with Gasteiger partial charge in [0, 0.05) is 13.0 Å². The Hall–Kier alpha value is -0.790. The first-order chi connectivity index (χ1) is 7.02. The molecule has 15 heavy (non-hydrogen) atoms. The third kappa shape index (κ3) is 11.1. The van der Waals surface area contributed by atoms with E-state index in [4.69, 9.17) is 0 Å². The van der Waals surface area contributed by atoms with Crippen LogP contribution in [-0.2, 0) is 4.79 Å². The Balaban J connectivity index is 3.39. The van der Waals surface area contributed by atoms with Crippen LogP contribution in [0.15, 0.2) is 12.2 Å². The zero-order valence-electron chi connectivity index (χ0n) is 10.5. The van der Waals surface area contributed by atoms with Gasteiger partial charge in [0.05, 0.1) is 0 Å². The summed E-state index contributed by atoms with van der Waals surface area (Å²) in [6, 6.07) is 0. The Bertz CT molecular complexity index is 195. The van der Waals surface area contributed by atoms with Gasteiger partial charge in [-0.15, -0.1) is 0 Å². The van der Waals surface area contributed by atoms with E-state index in [2.05, 4.69) is 45.2 Å². The molecule has 0 aliphatic rings. The first-order valence-corrected chi connectivity index (χ1v) is 5.95. The average molecular weight is 211 g/mol. The van der Waals surface area contributed by atoms with Gasteiger partial charge in [-0.3, -0.25) is 4.79 Å². The molecule has 2 heteroatoms. The van der Waals surface area contributed by atoms with Crippen molar-refractivity contribution in [3.8, 4) is 0 Å². The highest BCUT2D eigenvalue weighted by Gasteiger charge is 2.00. The van der Waals surface area contributed by atoms with E-state index in [0.29, 0.717) is 18.3 Å². The summed E-state index contributed by atoms with van der Waals surface area (Å²) in [7, 11) is 0. The van der Waals surface area contributed by atoms with Crippen LogP contribution in [0.25, 0.3) is 0 Å². The van der Waals surface area contributed by atoms with Gasteiger partial charge in [-0.05, 0) is 24.7 Å². The van der Waals surface area contributed by atoms with E-state index in [1.807, 2.05) is 0 Å². The molecule has 88 valence electrons. The third-order valence-electron chi connectivity index (χ3n) is 2.00. The van der Waals surface area contributed by atoms with E-state index in [0.717, 1.165) is 19.4 Å². The Morgan fingerprint density at radius 3 is 2.47 bits per heavy atom. The molecule has 0 aliphatic heterocycles. The van der Waals surface area contributed by atoms with Gasteiger partial charge in [-0.1, -0.05) is 39.8 Å². The molecule has 0 aromatic carbocycles. The highest BCUT2D eigenvalue weighted by atomic mass is 16.1. The summed E-state index contributed by atoms with van der Waals surface area (Å²) in [5, 5.41) is 2.92. The van der Waals surface area contributed by atoms with Crippen molar-refractivity contribution in [2.24, 2.45) is 11.8 Å². The maximum Gasteiger partial charge on any atom is 0.220 e. The molecule has 2 nitrogen and oxygen atoms in total. The number of hydrogen-bond donors (Lipinski definition) is 1. The van der Waals surface area contributed by atoms with Gasteiger partial charge in [-0.25, -0.2) is 0 Å². The summed E-state index contributed by atoms with van der Waals surface area (Å²) in [4.78, 5) is 11.3. The Morgan fingerprint density at radius 1 is 1.27 bits per heavy atom. The lowest BCUT2D eigenvalue weighted by atomic mass is 10.1. The van der Waals surface area contributed by atoms with Gasteiger partial charge in [0.2, 0.25) is 5.91 Å². The summed E-state index contributed by atoms with van der Waals surface area (Å²) in [5.41, 5.74) is 0. The second-order valence-electron chi connectivity index (χ2n) is 4.76. The van der Waals surface area contributed by atoms with Gasteiger partial charge in [-0.2, -0.15) is 0 Å². The SMILES string of the molecule is CC(C)/C=C/CCCC(=O)NCC(C)C. The second kappa shape index (κ2) is 8.51. The van der Waals surface area contributed by atoms with Gasteiger partial charge in [0.15, 0.2) is 0 Å². The second-order valence-corrected chi connectivity index (χ2v) is 4.76.